The Kier molecular flexibility index (Phi) is 3.89. The van der Waals surface area contributed by atoms with Crippen molar-refractivity contribution in [2.75, 3.05) is 6.54 Å². The van der Waals surface area contributed by atoms with Crippen LogP contribution in [0.5, 0.6) is 0 Å². The normalized spacial score (nSPS) is 25.5. The maximum Gasteiger partial charge on any atom is 0.243 e. The average Bonchev–Trinajstić information content (AvgIpc) is 2.32. The molecular formula is C12H16F2N2O2S. The molecule has 0 spiro atoms. The molecule has 1 aliphatic rings. The topological polar surface area (TPSA) is 63.4 Å². The van der Waals surface area contributed by atoms with Crippen molar-refractivity contribution in [1.29, 1.82) is 0 Å². The monoisotopic (exact) mass is 290 g/mol. The Morgan fingerprint density at radius 3 is 2.58 bits per heavy atom. The first kappa shape index (κ1) is 14.4. The van der Waals surface area contributed by atoms with Gasteiger partial charge in [0.1, 0.15) is 0 Å². The van der Waals surface area contributed by atoms with Crippen LogP contribution in [0.2, 0.25) is 0 Å². The van der Waals surface area contributed by atoms with Gasteiger partial charge in [-0.15, -0.1) is 0 Å². The van der Waals surface area contributed by atoms with E-state index in [-0.39, 0.29) is 17.0 Å². The molecule has 19 heavy (non-hydrogen) atoms. The van der Waals surface area contributed by atoms with Gasteiger partial charge < -0.3 is 5.73 Å². The van der Waals surface area contributed by atoms with Gasteiger partial charge in [0.05, 0.1) is 4.90 Å². The zero-order valence-electron chi connectivity index (χ0n) is 10.5. The highest BCUT2D eigenvalue weighted by atomic mass is 32.2. The van der Waals surface area contributed by atoms with Gasteiger partial charge >= 0.3 is 0 Å². The van der Waals surface area contributed by atoms with Gasteiger partial charge in [0, 0.05) is 18.6 Å². The van der Waals surface area contributed by atoms with Crippen molar-refractivity contribution < 1.29 is 17.2 Å². The minimum Gasteiger partial charge on any atom is -0.328 e. The van der Waals surface area contributed by atoms with Crippen LogP contribution < -0.4 is 5.73 Å². The van der Waals surface area contributed by atoms with Crippen LogP contribution in [-0.2, 0) is 10.0 Å². The predicted molar refractivity (Wildman–Crippen MR) is 66.9 cm³/mol. The third-order valence-corrected chi connectivity index (χ3v) is 5.36. The highest BCUT2D eigenvalue weighted by Gasteiger charge is 2.33. The molecule has 0 amide bonds. The maximum atomic E-state index is 13.2. The molecule has 1 aromatic carbocycles. The Bertz CT molecular complexity index is 577. The van der Waals surface area contributed by atoms with Crippen molar-refractivity contribution in [2.45, 2.75) is 36.7 Å². The highest BCUT2D eigenvalue weighted by molar-refractivity contribution is 7.89. The van der Waals surface area contributed by atoms with Crippen molar-refractivity contribution in [3.05, 3.63) is 29.8 Å². The van der Waals surface area contributed by atoms with Crippen molar-refractivity contribution in [3.63, 3.8) is 0 Å². The summed E-state index contributed by atoms with van der Waals surface area (Å²) in [6, 6.07) is 2.34. The molecule has 1 heterocycles. The predicted octanol–water partition coefficient (Wildman–Crippen LogP) is 1.47. The van der Waals surface area contributed by atoms with Crippen LogP contribution in [0, 0.1) is 11.6 Å². The van der Waals surface area contributed by atoms with E-state index in [1.807, 2.05) is 0 Å². The average molecular weight is 290 g/mol. The molecule has 2 rings (SSSR count). The van der Waals surface area contributed by atoms with E-state index in [0.717, 1.165) is 12.1 Å². The second-order valence-electron chi connectivity index (χ2n) is 4.83. The van der Waals surface area contributed by atoms with Gasteiger partial charge in [-0.3, -0.25) is 0 Å². The molecule has 0 aromatic heterocycles. The van der Waals surface area contributed by atoms with Gasteiger partial charge in [0.15, 0.2) is 11.6 Å². The molecule has 1 fully saturated rings. The SMILES string of the molecule is C[C@H]1C[C@H](N)CCN1S(=O)(=O)c1ccc(F)c(F)c1. The molecule has 1 aromatic rings. The Balaban J connectivity index is 2.34. The summed E-state index contributed by atoms with van der Waals surface area (Å²) in [5.74, 6) is -2.23. The van der Waals surface area contributed by atoms with Crippen LogP contribution in [-0.4, -0.2) is 31.4 Å². The van der Waals surface area contributed by atoms with Crippen LogP contribution in [0.25, 0.3) is 0 Å². The number of sulfonamides is 1. The minimum absolute atomic E-state index is 0.0218. The fourth-order valence-corrected chi connectivity index (χ4v) is 3.99. The second kappa shape index (κ2) is 5.15. The fourth-order valence-electron chi connectivity index (χ4n) is 2.32. The molecule has 0 aliphatic carbocycles. The molecule has 106 valence electrons. The molecule has 7 heteroatoms. The van der Waals surface area contributed by atoms with E-state index in [2.05, 4.69) is 0 Å². The van der Waals surface area contributed by atoms with Gasteiger partial charge in [0.25, 0.3) is 0 Å². The number of hydrogen-bond acceptors (Lipinski definition) is 3. The molecule has 0 bridgehead atoms. The van der Waals surface area contributed by atoms with E-state index in [1.165, 1.54) is 4.31 Å². The largest absolute Gasteiger partial charge is 0.328 e. The first-order valence-electron chi connectivity index (χ1n) is 6.05. The maximum absolute atomic E-state index is 13.2. The molecule has 1 saturated heterocycles. The number of nitrogens with zero attached hydrogens (tertiary/aromatic N) is 1. The molecule has 2 atom stereocenters. The molecule has 0 radical (unpaired) electrons. The Labute approximate surface area is 111 Å². The Morgan fingerprint density at radius 1 is 1.32 bits per heavy atom. The molecule has 2 N–H and O–H groups in total. The zero-order chi connectivity index (χ0) is 14.2. The van der Waals surface area contributed by atoms with Crippen molar-refractivity contribution in [1.82, 2.24) is 4.31 Å². The second-order valence-corrected chi connectivity index (χ2v) is 6.72. The minimum atomic E-state index is -3.80. The van der Waals surface area contributed by atoms with Crippen LogP contribution in [0.15, 0.2) is 23.1 Å². The van der Waals surface area contributed by atoms with E-state index >= 15 is 0 Å². The fraction of sp³-hybridized carbons (Fsp3) is 0.500. The van der Waals surface area contributed by atoms with Gasteiger partial charge in [-0.2, -0.15) is 4.31 Å². The molecule has 0 unspecified atom stereocenters. The highest BCUT2D eigenvalue weighted by Crippen LogP contribution is 2.25. The molecular weight excluding hydrogens is 274 g/mol. The first-order valence-corrected chi connectivity index (χ1v) is 7.49. The van der Waals surface area contributed by atoms with E-state index in [4.69, 9.17) is 5.73 Å². The van der Waals surface area contributed by atoms with Crippen molar-refractivity contribution in [2.24, 2.45) is 5.73 Å². The van der Waals surface area contributed by atoms with Crippen LogP contribution in [0.3, 0.4) is 0 Å². The van der Waals surface area contributed by atoms with Crippen molar-refractivity contribution in [3.8, 4) is 0 Å². The van der Waals surface area contributed by atoms with Gasteiger partial charge in [0.2, 0.25) is 10.0 Å². The summed E-state index contributed by atoms with van der Waals surface area (Å²) in [5.41, 5.74) is 5.78. The number of benzene rings is 1. The number of rotatable bonds is 2. The van der Waals surface area contributed by atoms with Gasteiger partial charge in [-0.25, -0.2) is 17.2 Å². The lowest BCUT2D eigenvalue weighted by Crippen LogP contribution is -2.48. The lowest BCUT2D eigenvalue weighted by molar-refractivity contribution is 0.247. The van der Waals surface area contributed by atoms with Crippen LogP contribution in [0.1, 0.15) is 19.8 Å². The Morgan fingerprint density at radius 2 is 2.00 bits per heavy atom. The standard InChI is InChI=1S/C12H16F2N2O2S/c1-8-6-9(15)4-5-16(8)19(17,18)10-2-3-11(13)12(14)7-10/h2-3,7-9H,4-6,15H2,1H3/t8-,9+/m0/s1. The third kappa shape index (κ3) is 2.77. The summed E-state index contributed by atoms with van der Waals surface area (Å²) in [6.07, 6.45) is 1.12. The number of halogens is 2. The van der Waals surface area contributed by atoms with Crippen LogP contribution >= 0.6 is 0 Å². The van der Waals surface area contributed by atoms with Gasteiger partial charge in [-0.05, 0) is 38.0 Å². The van der Waals surface area contributed by atoms with E-state index in [9.17, 15) is 17.2 Å². The smallest absolute Gasteiger partial charge is 0.243 e. The van der Waals surface area contributed by atoms with Crippen LogP contribution in [0.4, 0.5) is 8.78 Å². The number of piperidine rings is 1. The lowest BCUT2D eigenvalue weighted by Gasteiger charge is -2.35. The third-order valence-electron chi connectivity index (χ3n) is 3.35. The summed E-state index contributed by atoms with van der Waals surface area (Å²) in [5, 5.41) is 0. The number of hydrogen-bond donors (Lipinski definition) is 1. The molecule has 0 saturated carbocycles. The lowest BCUT2D eigenvalue weighted by atomic mass is 10.0. The van der Waals surface area contributed by atoms with E-state index in [1.54, 1.807) is 6.92 Å². The summed E-state index contributed by atoms with van der Waals surface area (Å²) in [7, 11) is -3.80. The van der Waals surface area contributed by atoms with E-state index in [0.29, 0.717) is 25.5 Å². The molecule has 4 nitrogen and oxygen atoms in total. The zero-order valence-corrected chi connectivity index (χ0v) is 11.3. The molecule has 1 aliphatic heterocycles. The van der Waals surface area contributed by atoms with Gasteiger partial charge in [-0.1, -0.05) is 0 Å². The number of nitrogens with two attached hydrogens (primary N) is 1. The summed E-state index contributed by atoms with van der Waals surface area (Å²) < 4.78 is 52.0. The Hall–Kier alpha value is -1.05. The first-order chi connectivity index (χ1) is 8.82. The van der Waals surface area contributed by atoms with Crippen molar-refractivity contribution >= 4 is 10.0 Å². The summed E-state index contributed by atoms with van der Waals surface area (Å²) in [6.45, 7) is 2.06. The van der Waals surface area contributed by atoms with E-state index < -0.39 is 21.7 Å². The summed E-state index contributed by atoms with van der Waals surface area (Å²) in [4.78, 5) is -0.228. The quantitative estimate of drug-likeness (QED) is 0.897. The summed E-state index contributed by atoms with van der Waals surface area (Å²) >= 11 is 0.